The van der Waals surface area contributed by atoms with Crippen LogP contribution in [-0.4, -0.2) is 25.7 Å². The zero-order chi connectivity index (χ0) is 12.1. The minimum absolute atomic E-state index is 0.0918. The monoisotopic (exact) mass is 234 g/mol. The Bertz CT molecular complexity index is 404. The van der Waals surface area contributed by atoms with Crippen LogP contribution in [0.15, 0.2) is 18.2 Å². The zero-order valence-corrected chi connectivity index (χ0v) is 10.1. The minimum atomic E-state index is -0.0918. The van der Waals surface area contributed by atoms with Gasteiger partial charge in [-0.25, -0.2) is 0 Å². The SMILES string of the molecule is CCOCC(=O)Nc1cccc2c1CCCN2. The molecule has 17 heavy (non-hydrogen) atoms. The molecule has 1 aromatic rings. The van der Waals surface area contributed by atoms with Crippen LogP contribution in [0.4, 0.5) is 11.4 Å². The van der Waals surface area contributed by atoms with Crippen LogP contribution in [0.3, 0.4) is 0 Å². The molecule has 1 aromatic carbocycles. The van der Waals surface area contributed by atoms with Crippen molar-refractivity contribution in [2.24, 2.45) is 0 Å². The Morgan fingerprint density at radius 3 is 3.24 bits per heavy atom. The van der Waals surface area contributed by atoms with Crippen molar-refractivity contribution in [3.05, 3.63) is 23.8 Å². The summed E-state index contributed by atoms with van der Waals surface area (Å²) in [4.78, 5) is 11.6. The Kier molecular flexibility index (Phi) is 3.98. The highest BCUT2D eigenvalue weighted by molar-refractivity contribution is 5.93. The summed E-state index contributed by atoms with van der Waals surface area (Å²) in [6.07, 6.45) is 2.11. The number of anilines is 2. The lowest BCUT2D eigenvalue weighted by Gasteiger charge is -2.21. The van der Waals surface area contributed by atoms with Crippen molar-refractivity contribution in [2.75, 3.05) is 30.4 Å². The van der Waals surface area contributed by atoms with Gasteiger partial charge in [0.15, 0.2) is 0 Å². The predicted octanol–water partition coefficient (Wildman–Crippen LogP) is 2.02. The minimum Gasteiger partial charge on any atom is -0.385 e. The molecule has 0 aliphatic carbocycles. The molecule has 0 unspecified atom stereocenters. The summed E-state index contributed by atoms with van der Waals surface area (Å²) in [6.45, 7) is 3.56. The van der Waals surface area contributed by atoms with Gasteiger partial charge in [-0.2, -0.15) is 0 Å². The molecule has 1 aliphatic rings. The van der Waals surface area contributed by atoms with E-state index in [1.54, 1.807) is 0 Å². The summed E-state index contributed by atoms with van der Waals surface area (Å²) in [5.74, 6) is -0.0918. The number of ether oxygens (including phenoxy) is 1. The van der Waals surface area contributed by atoms with E-state index in [-0.39, 0.29) is 12.5 Å². The van der Waals surface area contributed by atoms with Crippen LogP contribution in [0.2, 0.25) is 0 Å². The topological polar surface area (TPSA) is 50.4 Å². The van der Waals surface area contributed by atoms with E-state index >= 15 is 0 Å². The van der Waals surface area contributed by atoms with Crippen LogP contribution in [0.5, 0.6) is 0 Å². The van der Waals surface area contributed by atoms with Gasteiger partial charge in [0.25, 0.3) is 0 Å². The van der Waals surface area contributed by atoms with E-state index in [2.05, 4.69) is 10.6 Å². The summed E-state index contributed by atoms with van der Waals surface area (Å²) in [5.41, 5.74) is 3.23. The van der Waals surface area contributed by atoms with Crippen molar-refractivity contribution in [1.82, 2.24) is 0 Å². The molecule has 4 heteroatoms. The van der Waals surface area contributed by atoms with Crippen molar-refractivity contribution in [3.63, 3.8) is 0 Å². The van der Waals surface area contributed by atoms with Crippen LogP contribution >= 0.6 is 0 Å². The third-order valence-electron chi connectivity index (χ3n) is 2.81. The van der Waals surface area contributed by atoms with Crippen LogP contribution in [0, 0.1) is 0 Å². The first-order chi connectivity index (χ1) is 8.31. The number of hydrogen-bond donors (Lipinski definition) is 2. The molecule has 1 heterocycles. The van der Waals surface area contributed by atoms with E-state index in [4.69, 9.17) is 4.74 Å². The Hall–Kier alpha value is -1.55. The van der Waals surface area contributed by atoms with Crippen LogP contribution in [0.1, 0.15) is 18.9 Å². The maximum absolute atomic E-state index is 11.6. The molecule has 1 aliphatic heterocycles. The van der Waals surface area contributed by atoms with E-state index in [1.165, 1.54) is 5.56 Å². The lowest BCUT2D eigenvalue weighted by Crippen LogP contribution is -2.21. The summed E-state index contributed by atoms with van der Waals surface area (Å²) in [6, 6.07) is 5.94. The van der Waals surface area contributed by atoms with Crippen molar-refractivity contribution < 1.29 is 9.53 Å². The van der Waals surface area contributed by atoms with Crippen molar-refractivity contribution >= 4 is 17.3 Å². The predicted molar refractivity (Wildman–Crippen MR) is 68.4 cm³/mol. The fourth-order valence-corrected chi connectivity index (χ4v) is 2.01. The number of benzene rings is 1. The van der Waals surface area contributed by atoms with Gasteiger partial charge in [0.1, 0.15) is 6.61 Å². The first-order valence-electron chi connectivity index (χ1n) is 6.04. The van der Waals surface area contributed by atoms with Gasteiger partial charge < -0.3 is 15.4 Å². The number of hydrogen-bond acceptors (Lipinski definition) is 3. The average molecular weight is 234 g/mol. The highest BCUT2D eigenvalue weighted by Gasteiger charge is 2.13. The lowest BCUT2D eigenvalue weighted by molar-refractivity contribution is -0.120. The van der Waals surface area contributed by atoms with E-state index in [9.17, 15) is 4.79 Å². The maximum atomic E-state index is 11.6. The van der Waals surface area contributed by atoms with Gasteiger partial charge in [0.05, 0.1) is 0 Å². The Labute approximate surface area is 101 Å². The third kappa shape index (κ3) is 2.97. The first-order valence-corrected chi connectivity index (χ1v) is 6.04. The zero-order valence-electron chi connectivity index (χ0n) is 10.1. The number of carbonyl (C=O) groups is 1. The van der Waals surface area contributed by atoms with Gasteiger partial charge in [-0.1, -0.05) is 6.07 Å². The molecular weight excluding hydrogens is 216 g/mol. The van der Waals surface area contributed by atoms with Crippen LogP contribution in [0.25, 0.3) is 0 Å². The number of rotatable bonds is 4. The van der Waals surface area contributed by atoms with Crippen LogP contribution in [-0.2, 0) is 16.0 Å². The molecule has 0 radical (unpaired) electrons. The van der Waals surface area contributed by atoms with E-state index < -0.39 is 0 Å². The fourth-order valence-electron chi connectivity index (χ4n) is 2.01. The fraction of sp³-hybridized carbons (Fsp3) is 0.462. The molecule has 0 saturated heterocycles. The Balaban J connectivity index is 2.08. The molecule has 0 aromatic heterocycles. The highest BCUT2D eigenvalue weighted by Crippen LogP contribution is 2.28. The van der Waals surface area contributed by atoms with Gasteiger partial charge >= 0.3 is 0 Å². The van der Waals surface area contributed by atoms with E-state index in [0.717, 1.165) is 30.8 Å². The second-order valence-corrected chi connectivity index (χ2v) is 4.05. The molecule has 0 bridgehead atoms. The third-order valence-corrected chi connectivity index (χ3v) is 2.81. The molecule has 0 spiro atoms. The van der Waals surface area contributed by atoms with Gasteiger partial charge in [-0.15, -0.1) is 0 Å². The number of fused-ring (bicyclic) bond motifs is 1. The quantitative estimate of drug-likeness (QED) is 0.838. The van der Waals surface area contributed by atoms with Gasteiger partial charge in [-0.3, -0.25) is 4.79 Å². The van der Waals surface area contributed by atoms with Crippen molar-refractivity contribution in [2.45, 2.75) is 19.8 Å². The average Bonchev–Trinajstić information content (AvgIpc) is 2.37. The molecule has 92 valence electrons. The molecule has 0 atom stereocenters. The Morgan fingerprint density at radius 1 is 1.53 bits per heavy atom. The van der Waals surface area contributed by atoms with Crippen LogP contribution < -0.4 is 10.6 Å². The molecule has 2 rings (SSSR count). The summed E-state index contributed by atoms with van der Waals surface area (Å²) < 4.78 is 5.08. The second-order valence-electron chi connectivity index (χ2n) is 4.05. The van der Waals surface area contributed by atoms with Crippen molar-refractivity contribution in [3.8, 4) is 0 Å². The van der Waals surface area contributed by atoms with Gasteiger partial charge in [0, 0.05) is 24.5 Å². The highest BCUT2D eigenvalue weighted by atomic mass is 16.5. The largest absolute Gasteiger partial charge is 0.385 e. The van der Waals surface area contributed by atoms with E-state index in [1.807, 2.05) is 25.1 Å². The number of carbonyl (C=O) groups excluding carboxylic acids is 1. The smallest absolute Gasteiger partial charge is 0.250 e. The molecule has 0 fully saturated rings. The summed E-state index contributed by atoms with van der Waals surface area (Å²) >= 11 is 0. The molecular formula is C13H18N2O2. The molecule has 1 amide bonds. The second kappa shape index (κ2) is 5.68. The van der Waals surface area contributed by atoms with Crippen molar-refractivity contribution in [1.29, 1.82) is 0 Å². The molecule has 0 saturated carbocycles. The maximum Gasteiger partial charge on any atom is 0.250 e. The first kappa shape index (κ1) is 11.9. The van der Waals surface area contributed by atoms with Gasteiger partial charge in [-0.05, 0) is 37.5 Å². The summed E-state index contributed by atoms with van der Waals surface area (Å²) in [5, 5.41) is 6.24. The Morgan fingerprint density at radius 2 is 2.41 bits per heavy atom. The standard InChI is InChI=1S/C13H18N2O2/c1-2-17-9-13(16)15-12-7-3-6-11-10(12)5-4-8-14-11/h3,6-7,14H,2,4-5,8-9H2,1H3,(H,15,16). The van der Waals surface area contributed by atoms with E-state index in [0.29, 0.717) is 6.61 Å². The number of nitrogens with one attached hydrogen (secondary N) is 2. The summed E-state index contributed by atoms with van der Waals surface area (Å²) in [7, 11) is 0. The lowest BCUT2D eigenvalue weighted by atomic mass is 10.0. The number of amides is 1. The normalized spacial score (nSPS) is 13.7. The van der Waals surface area contributed by atoms with Gasteiger partial charge in [0.2, 0.25) is 5.91 Å². The molecule has 4 nitrogen and oxygen atoms in total. The molecule has 2 N–H and O–H groups in total.